The first-order valence-electron chi connectivity index (χ1n) is 5.08. The average molecular weight is 253 g/mol. The molecule has 1 heterocycles. The molecule has 5 N–H and O–H groups in total. The van der Waals surface area contributed by atoms with E-state index in [2.05, 4.69) is 13.8 Å². The first-order chi connectivity index (χ1) is 5.75. The molecule has 0 radical (unpaired) electrons. The Labute approximate surface area is 88.7 Å². The molecule has 2 atom stereocenters. The molecule has 1 aliphatic rings. The summed E-state index contributed by atoms with van der Waals surface area (Å²) in [6.07, 6.45) is 2.37. The summed E-state index contributed by atoms with van der Waals surface area (Å²) in [5, 5.41) is 0. The second-order valence-corrected chi connectivity index (χ2v) is 30.3. The van der Waals surface area contributed by atoms with Gasteiger partial charge in [0, 0.05) is 23.3 Å². The Bertz CT molecular complexity index is 143. The molecule has 0 amide bonds. The molecule has 0 saturated carbocycles. The number of hydrogen-bond donors (Lipinski definition) is 2. The Balaban J connectivity index is 0.00000144. The number of rotatable bonds is 3. The van der Waals surface area contributed by atoms with Gasteiger partial charge in [0.25, 0.3) is 0 Å². The molecule has 80 valence electrons. The zero-order valence-corrected chi connectivity index (χ0v) is 14.3. The lowest BCUT2D eigenvalue weighted by Crippen LogP contribution is -2.65. The van der Waals surface area contributed by atoms with Crippen molar-refractivity contribution in [2.24, 2.45) is 5.73 Å². The van der Waals surface area contributed by atoms with E-state index in [9.17, 15) is 0 Å². The maximum absolute atomic E-state index is 6.25. The van der Waals surface area contributed by atoms with Gasteiger partial charge in [0.2, 0.25) is 0 Å². The highest BCUT2D eigenvalue weighted by atomic mass is 29.7. The van der Waals surface area contributed by atoms with Gasteiger partial charge in [-0.3, -0.25) is 0 Å². The Morgan fingerprint density at radius 3 is 2.62 bits per heavy atom. The van der Waals surface area contributed by atoms with Crippen LogP contribution in [0, 0.1) is 0 Å². The molecule has 0 aromatic rings. The molecule has 13 heavy (non-hydrogen) atoms. The van der Waals surface area contributed by atoms with E-state index in [0.29, 0.717) is 22.8 Å². The fourth-order valence-corrected chi connectivity index (χ4v) is 57.5. The van der Waals surface area contributed by atoms with Crippen LogP contribution in [0.5, 0.6) is 0 Å². The van der Waals surface area contributed by atoms with Gasteiger partial charge in [-0.25, -0.2) is 0 Å². The van der Waals surface area contributed by atoms with Crippen LogP contribution in [0.2, 0.25) is 6.04 Å². The van der Waals surface area contributed by atoms with Gasteiger partial charge < -0.3 is 16.3 Å². The van der Waals surface area contributed by atoms with Gasteiger partial charge in [-0.15, -0.1) is 0 Å². The van der Waals surface area contributed by atoms with Crippen LogP contribution in [0.3, 0.4) is 0 Å². The second kappa shape index (κ2) is 6.27. The summed E-state index contributed by atoms with van der Waals surface area (Å²) in [4.78, 5) is 0. The molecule has 0 aromatic carbocycles. The van der Waals surface area contributed by atoms with Crippen LogP contribution >= 0.6 is 0 Å². The molecule has 1 saturated heterocycles. The summed E-state index contributed by atoms with van der Waals surface area (Å²) in [7, 11) is -0.173. The van der Waals surface area contributed by atoms with E-state index in [1.807, 2.05) is 0 Å². The fraction of sp³-hybridized carbons (Fsp3) is 1.00. The lowest BCUT2D eigenvalue weighted by Gasteiger charge is -2.38. The fourth-order valence-electron chi connectivity index (χ4n) is 2.14. The number of nitrogens with two attached hydrogens (primary N) is 1. The third kappa shape index (κ3) is 3.11. The van der Waals surface area contributed by atoms with Crippen molar-refractivity contribution in [3.63, 3.8) is 0 Å². The van der Waals surface area contributed by atoms with E-state index in [1.165, 1.54) is 18.7 Å². The minimum Gasteiger partial charge on any atom is -0.432 e. The van der Waals surface area contributed by atoms with Gasteiger partial charge in [0.15, 0.2) is 0 Å². The summed E-state index contributed by atoms with van der Waals surface area (Å²) in [5.74, 6) is 0. The normalized spacial score (nSPS) is 36.2. The Morgan fingerprint density at radius 2 is 2.23 bits per heavy atom. The first kappa shape index (κ1) is 13.7. The molecule has 7 heteroatoms. The Hall–Kier alpha value is 0.748. The summed E-state index contributed by atoms with van der Waals surface area (Å²) in [5.41, 5.74) is 6.83. The molecule has 0 aliphatic carbocycles. The summed E-state index contributed by atoms with van der Waals surface area (Å²) < 4.78 is 5.82. The molecule has 2 unspecified atom stereocenters. The maximum Gasteiger partial charge on any atom is 0.139 e. The Kier molecular flexibility index (Phi) is 6.63. The van der Waals surface area contributed by atoms with Crippen molar-refractivity contribution in [1.29, 1.82) is 0 Å². The van der Waals surface area contributed by atoms with Crippen molar-refractivity contribution in [3.8, 4) is 0 Å². The van der Waals surface area contributed by atoms with Crippen molar-refractivity contribution in [2.75, 3.05) is 6.23 Å². The highest BCUT2D eigenvalue weighted by molar-refractivity contribution is 7.54. The van der Waals surface area contributed by atoms with E-state index in [4.69, 9.17) is 10.2 Å². The molecule has 1 aliphatic heterocycles. The summed E-state index contributed by atoms with van der Waals surface area (Å²) >= 11 is 0. The van der Waals surface area contributed by atoms with Crippen LogP contribution in [0.15, 0.2) is 0 Å². The van der Waals surface area contributed by atoms with Gasteiger partial charge in [0.1, 0.15) is 9.28 Å². The van der Waals surface area contributed by atoms with Crippen molar-refractivity contribution in [3.05, 3.63) is 0 Å². The Morgan fingerprint density at radius 1 is 1.54 bits per heavy atom. The van der Waals surface area contributed by atoms with Crippen molar-refractivity contribution in [1.82, 2.24) is 6.15 Å². The standard InChI is InChI=1S/C6H21NOSi4.H3N/c1-3-6(7)12(4-2)5-8-9-10-11-12;/h6H,3-5,7,9-11H2,1-2H3;1H3. The quantitative estimate of drug-likeness (QED) is 0.583. The van der Waals surface area contributed by atoms with E-state index >= 15 is 0 Å². The van der Waals surface area contributed by atoms with Crippen LogP contribution in [0.1, 0.15) is 20.3 Å². The van der Waals surface area contributed by atoms with Crippen LogP contribution in [0.25, 0.3) is 0 Å². The SMILES string of the molecule is CCC(N)[Si]1(CC)CO[SiH2][SiH2][SiH2]1.N. The predicted molar refractivity (Wildman–Crippen MR) is 71.1 cm³/mol. The van der Waals surface area contributed by atoms with Crippen molar-refractivity contribution < 1.29 is 4.43 Å². The van der Waals surface area contributed by atoms with Crippen LogP contribution in [-0.2, 0) is 4.43 Å². The molecule has 3 nitrogen and oxygen atoms in total. The van der Waals surface area contributed by atoms with Crippen molar-refractivity contribution in [2.45, 2.75) is 32.0 Å². The molecule has 0 spiro atoms. The maximum atomic E-state index is 6.25. The summed E-state index contributed by atoms with van der Waals surface area (Å²) in [6.45, 7) is 4.61. The zero-order chi connectivity index (χ0) is 9.03. The van der Waals surface area contributed by atoms with Gasteiger partial charge in [-0.05, 0) is 12.1 Å². The van der Waals surface area contributed by atoms with E-state index in [1.54, 1.807) is 0 Å². The van der Waals surface area contributed by atoms with Gasteiger partial charge in [-0.1, -0.05) is 19.9 Å². The molecule has 1 fully saturated rings. The average Bonchev–Trinajstić information content (AvgIpc) is 2.17. The van der Waals surface area contributed by atoms with Gasteiger partial charge in [0.05, 0.1) is 7.59 Å². The van der Waals surface area contributed by atoms with Gasteiger partial charge in [-0.2, -0.15) is 0 Å². The first-order valence-corrected chi connectivity index (χ1v) is 18.5. The molecular formula is C6H24N2OSi4. The minimum atomic E-state index is -0.969. The number of hydrogen-bond acceptors (Lipinski definition) is 3. The highest BCUT2D eigenvalue weighted by Gasteiger charge is 2.38. The highest BCUT2D eigenvalue weighted by Crippen LogP contribution is 2.16. The minimum absolute atomic E-state index is 0. The molecule has 0 bridgehead atoms. The summed E-state index contributed by atoms with van der Waals surface area (Å²) in [6, 6.07) is 1.41. The third-order valence-electron chi connectivity index (χ3n) is 3.28. The zero-order valence-electron chi connectivity index (χ0n) is 9.01. The van der Waals surface area contributed by atoms with Crippen molar-refractivity contribution >= 4 is 34.0 Å². The van der Waals surface area contributed by atoms with E-state index in [0.717, 1.165) is 0 Å². The molecular weight excluding hydrogens is 228 g/mol. The van der Waals surface area contributed by atoms with Gasteiger partial charge >= 0.3 is 0 Å². The molecule has 1 rings (SSSR count). The largest absolute Gasteiger partial charge is 0.432 e. The van der Waals surface area contributed by atoms with Crippen LogP contribution < -0.4 is 11.9 Å². The smallest absolute Gasteiger partial charge is 0.139 e. The molecule has 0 aromatic heterocycles. The second-order valence-electron chi connectivity index (χ2n) is 3.89. The van der Waals surface area contributed by atoms with Crippen LogP contribution in [0.4, 0.5) is 0 Å². The third-order valence-corrected chi connectivity index (χ3v) is 43.7. The lowest BCUT2D eigenvalue weighted by atomic mass is 10.5. The monoisotopic (exact) mass is 252 g/mol. The lowest BCUT2D eigenvalue weighted by molar-refractivity contribution is 0.408. The van der Waals surface area contributed by atoms with E-state index < -0.39 is 7.59 Å². The van der Waals surface area contributed by atoms with Crippen LogP contribution in [-0.4, -0.2) is 45.9 Å². The predicted octanol–water partition coefficient (Wildman–Crippen LogP) is -1.79. The van der Waals surface area contributed by atoms with E-state index in [-0.39, 0.29) is 15.4 Å². The topological polar surface area (TPSA) is 70.2 Å².